The Kier molecular flexibility index (Phi) is 5.91. The fraction of sp³-hybridized carbons (Fsp3) is 0.647. The number of rotatable bonds is 5. The van der Waals surface area contributed by atoms with Gasteiger partial charge in [0, 0.05) is 35.9 Å². The highest BCUT2D eigenvalue weighted by Gasteiger charge is 2.21. The van der Waals surface area contributed by atoms with Crippen molar-refractivity contribution in [1.82, 2.24) is 10.2 Å². The van der Waals surface area contributed by atoms with Crippen molar-refractivity contribution in [1.29, 1.82) is 0 Å². The predicted molar refractivity (Wildman–Crippen MR) is 92.5 cm³/mol. The number of hydrogen-bond donors (Lipinski definition) is 1. The average molecular weight is 310 g/mol. The molecule has 3 nitrogen and oxygen atoms in total. The molecular weight excluding hydrogens is 282 g/mol. The van der Waals surface area contributed by atoms with Crippen molar-refractivity contribution in [3.8, 4) is 0 Å². The van der Waals surface area contributed by atoms with Crippen molar-refractivity contribution >= 4 is 17.3 Å². The van der Waals surface area contributed by atoms with Crippen LogP contribution in [0.15, 0.2) is 18.2 Å². The van der Waals surface area contributed by atoms with Crippen LogP contribution in [0.5, 0.6) is 0 Å². The molecule has 21 heavy (non-hydrogen) atoms. The van der Waals surface area contributed by atoms with E-state index in [1.807, 2.05) is 0 Å². The Labute approximate surface area is 134 Å². The Morgan fingerprint density at radius 1 is 1.33 bits per heavy atom. The van der Waals surface area contributed by atoms with Gasteiger partial charge in [0.1, 0.15) is 0 Å². The summed E-state index contributed by atoms with van der Waals surface area (Å²) in [6, 6.07) is 7.52. The molecule has 0 aromatic heterocycles. The van der Waals surface area contributed by atoms with E-state index >= 15 is 0 Å². The van der Waals surface area contributed by atoms with E-state index in [0.717, 1.165) is 24.7 Å². The first-order chi connectivity index (χ1) is 10.0. The zero-order valence-electron chi connectivity index (χ0n) is 13.7. The summed E-state index contributed by atoms with van der Waals surface area (Å²) in [5.41, 5.74) is 2.44. The molecule has 1 unspecified atom stereocenters. The lowest BCUT2D eigenvalue weighted by molar-refractivity contribution is 0.249. The van der Waals surface area contributed by atoms with Crippen LogP contribution in [0.25, 0.3) is 0 Å². The fourth-order valence-corrected chi connectivity index (χ4v) is 3.46. The van der Waals surface area contributed by atoms with Crippen LogP contribution in [0.4, 0.5) is 5.69 Å². The Hall–Kier alpha value is -0.770. The topological polar surface area (TPSA) is 18.5 Å². The minimum Gasteiger partial charge on any atom is -0.371 e. The summed E-state index contributed by atoms with van der Waals surface area (Å²) in [5, 5.41) is 4.29. The van der Waals surface area contributed by atoms with Crippen molar-refractivity contribution in [3.63, 3.8) is 0 Å². The van der Waals surface area contributed by atoms with Crippen molar-refractivity contribution in [2.45, 2.75) is 38.8 Å². The smallest absolute Gasteiger partial charge is 0.0474 e. The Morgan fingerprint density at radius 3 is 2.52 bits per heavy atom. The van der Waals surface area contributed by atoms with Crippen LogP contribution >= 0.6 is 11.6 Å². The van der Waals surface area contributed by atoms with Gasteiger partial charge < -0.3 is 15.1 Å². The van der Waals surface area contributed by atoms with Gasteiger partial charge >= 0.3 is 0 Å². The van der Waals surface area contributed by atoms with E-state index in [1.54, 1.807) is 0 Å². The number of halogens is 1. The fourth-order valence-electron chi connectivity index (χ4n) is 3.12. The van der Waals surface area contributed by atoms with E-state index in [2.05, 4.69) is 61.3 Å². The first-order valence-electron chi connectivity index (χ1n) is 7.97. The van der Waals surface area contributed by atoms with E-state index in [9.17, 15) is 0 Å². The molecule has 1 atom stereocenters. The van der Waals surface area contributed by atoms with E-state index in [0.29, 0.717) is 12.1 Å². The summed E-state index contributed by atoms with van der Waals surface area (Å²) in [7, 11) is 4.35. The monoisotopic (exact) mass is 309 g/mol. The maximum Gasteiger partial charge on any atom is 0.0474 e. The van der Waals surface area contributed by atoms with Crippen molar-refractivity contribution < 1.29 is 0 Å². The van der Waals surface area contributed by atoms with Gasteiger partial charge in [0.25, 0.3) is 0 Å². The molecule has 0 radical (unpaired) electrons. The largest absolute Gasteiger partial charge is 0.371 e. The molecule has 1 heterocycles. The summed E-state index contributed by atoms with van der Waals surface area (Å²) >= 11 is 6.48. The van der Waals surface area contributed by atoms with Gasteiger partial charge in [-0.1, -0.05) is 24.6 Å². The molecule has 1 aliphatic heterocycles. The van der Waals surface area contributed by atoms with Crippen molar-refractivity contribution in [2.75, 3.05) is 38.6 Å². The van der Waals surface area contributed by atoms with E-state index in [1.165, 1.54) is 24.1 Å². The highest BCUT2D eigenvalue weighted by molar-refractivity contribution is 6.31. The molecule has 0 bridgehead atoms. The normalized spacial score (nSPS) is 18.3. The number of piperidine rings is 1. The van der Waals surface area contributed by atoms with Crippen LogP contribution < -0.4 is 10.2 Å². The summed E-state index contributed by atoms with van der Waals surface area (Å²) < 4.78 is 0. The first-order valence-corrected chi connectivity index (χ1v) is 8.35. The lowest BCUT2D eigenvalue weighted by Crippen LogP contribution is -2.42. The molecule has 0 saturated carbocycles. The second-order valence-electron chi connectivity index (χ2n) is 6.17. The highest BCUT2D eigenvalue weighted by atomic mass is 35.5. The zero-order chi connectivity index (χ0) is 15.4. The second-order valence-corrected chi connectivity index (χ2v) is 6.57. The maximum absolute atomic E-state index is 6.48. The minimum atomic E-state index is 0.302. The van der Waals surface area contributed by atoms with Crippen LogP contribution in [-0.2, 0) is 0 Å². The Balaban J connectivity index is 2.04. The molecule has 4 heteroatoms. The van der Waals surface area contributed by atoms with E-state index in [-0.39, 0.29) is 0 Å². The average Bonchev–Trinajstić information content (AvgIpc) is 2.47. The molecule has 1 N–H and O–H groups in total. The Morgan fingerprint density at radius 2 is 2.00 bits per heavy atom. The lowest BCUT2D eigenvalue weighted by Gasteiger charge is -2.36. The van der Waals surface area contributed by atoms with Crippen LogP contribution in [-0.4, -0.2) is 44.7 Å². The van der Waals surface area contributed by atoms with Crippen LogP contribution in [0.3, 0.4) is 0 Å². The number of anilines is 1. The number of benzene rings is 1. The van der Waals surface area contributed by atoms with Gasteiger partial charge in [-0.25, -0.2) is 0 Å². The third-order valence-corrected chi connectivity index (χ3v) is 4.85. The van der Waals surface area contributed by atoms with E-state index in [4.69, 9.17) is 11.6 Å². The summed E-state index contributed by atoms with van der Waals surface area (Å²) in [4.78, 5) is 4.79. The van der Waals surface area contributed by atoms with Gasteiger partial charge in [0.2, 0.25) is 0 Å². The molecular formula is C17H28ClN3. The third-order valence-electron chi connectivity index (χ3n) is 4.52. The van der Waals surface area contributed by atoms with Crippen LogP contribution in [0.2, 0.25) is 5.02 Å². The molecule has 0 aliphatic carbocycles. The number of nitrogens with one attached hydrogen (secondary N) is 1. The van der Waals surface area contributed by atoms with Crippen LogP contribution in [0, 0.1) is 0 Å². The summed E-state index contributed by atoms with van der Waals surface area (Å²) in [5.74, 6) is 0. The highest BCUT2D eigenvalue weighted by Crippen LogP contribution is 2.29. The second kappa shape index (κ2) is 7.48. The molecule has 1 saturated heterocycles. The van der Waals surface area contributed by atoms with Crippen molar-refractivity contribution in [3.05, 3.63) is 28.8 Å². The van der Waals surface area contributed by atoms with Crippen LogP contribution in [0.1, 0.15) is 38.3 Å². The molecule has 1 fully saturated rings. The van der Waals surface area contributed by atoms with Gasteiger partial charge in [0.05, 0.1) is 0 Å². The summed E-state index contributed by atoms with van der Waals surface area (Å²) in [6.45, 7) is 7.46. The summed E-state index contributed by atoms with van der Waals surface area (Å²) in [6.07, 6.45) is 2.44. The van der Waals surface area contributed by atoms with Crippen molar-refractivity contribution in [2.24, 2.45) is 0 Å². The molecule has 1 aliphatic rings. The molecule has 2 rings (SSSR count). The van der Waals surface area contributed by atoms with Gasteiger partial charge in [-0.15, -0.1) is 0 Å². The van der Waals surface area contributed by atoms with Gasteiger partial charge in [0.15, 0.2) is 0 Å². The predicted octanol–water partition coefficient (Wildman–Crippen LogP) is 3.54. The first kappa shape index (κ1) is 16.6. The van der Waals surface area contributed by atoms with Gasteiger partial charge in [-0.3, -0.25) is 0 Å². The standard InChI is InChI=1S/C17H28ClN3/c1-5-19-13(2)16-7-6-15(12-17(16)18)21-10-8-14(9-11-21)20(3)4/h6-7,12-14,19H,5,8-11H2,1-4H3. The quantitative estimate of drug-likeness (QED) is 0.897. The third kappa shape index (κ3) is 4.12. The SMILES string of the molecule is CCNC(C)c1ccc(N2CCC(N(C)C)CC2)cc1Cl. The molecule has 0 spiro atoms. The van der Waals surface area contributed by atoms with Gasteiger partial charge in [-0.2, -0.15) is 0 Å². The zero-order valence-corrected chi connectivity index (χ0v) is 14.5. The lowest BCUT2D eigenvalue weighted by atomic mass is 10.0. The number of hydrogen-bond acceptors (Lipinski definition) is 3. The Bertz CT molecular complexity index is 453. The van der Waals surface area contributed by atoms with Gasteiger partial charge in [-0.05, 0) is 58.1 Å². The molecule has 1 aromatic rings. The molecule has 0 amide bonds. The maximum atomic E-state index is 6.48. The molecule has 118 valence electrons. The molecule has 1 aromatic carbocycles. The van der Waals surface area contributed by atoms with E-state index < -0.39 is 0 Å². The number of nitrogens with zero attached hydrogens (tertiary/aromatic N) is 2. The minimum absolute atomic E-state index is 0.302.